The first-order chi connectivity index (χ1) is 35.7. The van der Waals surface area contributed by atoms with E-state index in [0.717, 1.165) is 42.4 Å². The zero-order valence-electron chi connectivity index (χ0n) is 42.7. The Kier molecular flexibility index (Phi) is 24.0. The van der Waals surface area contributed by atoms with Gasteiger partial charge in [-0.15, -0.1) is 0 Å². The molecular formula is C56H71BrN6O10S2. The maximum atomic E-state index is 14.9. The average molecular weight is 1130 g/mol. The summed E-state index contributed by atoms with van der Waals surface area (Å²) < 4.78 is 0.733. The van der Waals surface area contributed by atoms with Gasteiger partial charge in [-0.05, 0) is 110 Å². The zero-order valence-corrected chi connectivity index (χ0v) is 45.9. The SMILES string of the molecule is CC(C)[C@@H]1CC(=O)[C@H](CCCCN)NC(=O)[C@@H](Cc2cccc(Br)c2)CC(=O)[C@H](Cc2ccc(O)cc2)NC(=O)[C@@H](CC(=O)[C@H](N)Cc2ccc3ccccc3c2)CSSC[C@@H](C(=O)C[C@H](C(N)=O)C(C)O)NC1=O. The molecular weight excluding hydrogens is 1060 g/mol. The molecule has 75 heavy (non-hydrogen) atoms. The van der Waals surface area contributed by atoms with E-state index >= 15 is 0 Å². The molecule has 0 spiro atoms. The summed E-state index contributed by atoms with van der Waals surface area (Å²) in [6, 6.07) is 22.4. The smallest absolute Gasteiger partial charge is 0.225 e. The molecule has 4 amide bonds. The van der Waals surface area contributed by atoms with Crippen LogP contribution in [0, 0.1) is 29.6 Å². The molecule has 11 N–H and O–H groups in total. The lowest BCUT2D eigenvalue weighted by Gasteiger charge is -2.28. The van der Waals surface area contributed by atoms with Gasteiger partial charge in [-0.1, -0.05) is 118 Å². The number of aliphatic hydroxyl groups excluding tert-OH is 1. The zero-order chi connectivity index (χ0) is 54.8. The van der Waals surface area contributed by atoms with Crippen LogP contribution in [0.4, 0.5) is 0 Å². The lowest BCUT2D eigenvalue weighted by Crippen LogP contribution is -2.50. The van der Waals surface area contributed by atoms with Crippen molar-refractivity contribution in [2.24, 2.45) is 46.8 Å². The molecule has 0 aliphatic carbocycles. The van der Waals surface area contributed by atoms with Crippen LogP contribution in [-0.2, 0) is 57.6 Å². The number of Topliss-reactive ketones (excluding diaryl/α,β-unsaturated/α-hetero) is 4. The average Bonchev–Trinajstić information content (AvgIpc) is 3.36. The lowest BCUT2D eigenvalue weighted by atomic mass is 9.86. The molecule has 404 valence electrons. The molecule has 4 aromatic rings. The number of primary amides is 1. The fraction of sp³-hybridized carbons (Fsp3) is 0.464. The van der Waals surface area contributed by atoms with Gasteiger partial charge in [-0.25, -0.2) is 0 Å². The van der Waals surface area contributed by atoms with Crippen LogP contribution in [0.15, 0.2) is 95.5 Å². The van der Waals surface area contributed by atoms with Crippen molar-refractivity contribution < 1.29 is 48.6 Å². The first-order valence-corrected chi connectivity index (χ1v) is 28.7. The van der Waals surface area contributed by atoms with Crippen molar-refractivity contribution in [1.82, 2.24) is 16.0 Å². The standard InChI is InChI=1S/C56H71BrN6O10S2/c1-32(2)43-28-51(68)46(13-6-7-20-58)61-54(71)39(22-35-9-8-12-41(57)23-35)26-50(67)47(25-34-15-18-42(65)19-16-34)62-55(72)40(27-49(66)45(59)24-36-14-17-37-10-4-5-11-38(37)21-36)30-74-75-31-48(63-56(43)73)52(69)29-44(33(3)64)53(60)70/h4-5,8-12,14-19,21,23,32-33,39-40,43-48,64-65H,6-7,13,20,22,24-31,58-59H2,1-3H3,(H2,60,70)(H,61,71)(H,62,72)(H,63,73)/t33?,39-,40-,43-,44-,45+,46-,47-,48-/m0/s1. The van der Waals surface area contributed by atoms with E-state index in [1.807, 2.05) is 60.7 Å². The summed E-state index contributed by atoms with van der Waals surface area (Å²) in [6.45, 7) is 5.16. The Hall–Kier alpha value is -5.44. The number of hydrogen-bond acceptors (Lipinski definition) is 14. The Labute approximate surface area is 455 Å². The van der Waals surface area contributed by atoms with Crippen LogP contribution in [0.2, 0.25) is 0 Å². The molecule has 1 heterocycles. The monoisotopic (exact) mass is 1130 g/mol. The second-order valence-corrected chi connectivity index (χ2v) is 23.4. The van der Waals surface area contributed by atoms with Crippen LogP contribution < -0.4 is 33.2 Å². The Morgan fingerprint density at radius 3 is 2.04 bits per heavy atom. The molecule has 0 bridgehead atoms. The molecule has 1 aliphatic rings. The van der Waals surface area contributed by atoms with Crippen molar-refractivity contribution in [2.45, 2.75) is 115 Å². The minimum atomic E-state index is -1.28. The van der Waals surface area contributed by atoms with E-state index < -0.39 is 113 Å². The van der Waals surface area contributed by atoms with Gasteiger partial charge in [0, 0.05) is 53.5 Å². The number of unbranched alkanes of at least 4 members (excludes halogenated alkanes) is 1. The van der Waals surface area contributed by atoms with Crippen molar-refractivity contribution >= 4 is 95.1 Å². The van der Waals surface area contributed by atoms with Crippen molar-refractivity contribution in [3.8, 4) is 5.75 Å². The Bertz CT molecular complexity index is 2640. The van der Waals surface area contributed by atoms with Crippen LogP contribution in [-0.4, -0.2) is 105 Å². The predicted molar refractivity (Wildman–Crippen MR) is 297 cm³/mol. The molecule has 4 aromatic carbocycles. The van der Waals surface area contributed by atoms with Crippen molar-refractivity contribution in [2.75, 3.05) is 18.1 Å². The van der Waals surface area contributed by atoms with Crippen molar-refractivity contribution in [1.29, 1.82) is 0 Å². The van der Waals surface area contributed by atoms with Crippen LogP contribution in [0.1, 0.15) is 82.4 Å². The highest BCUT2D eigenvalue weighted by Gasteiger charge is 2.37. The van der Waals surface area contributed by atoms with E-state index in [-0.39, 0.29) is 62.2 Å². The first-order valence-electron chi connectivity index (χ1n) is 25.4. The van der Waals surface area contributed by atoms with Gasteiger partial charge in [0.15, 0.2) is 23.1 Å². The van der Waals surface area contributed by atoms with E-state index in [1.54, 1.807) is 32.0 Å². The Balaban J connectivity index is 1.56. The third-order valence-corrected chi connectivity index (χ3v) is 16.6. The number of aliphatic hydroxyl groups is 1. The summed E-state index contributed by atoms with van der Waals surface area (Å²) in [5.74, 6) is -9.72. The Morgan fingerprint density at radius 2 is 1.37 bits per heavy atom. The van der Waals surface area contributed by atoms with Gasteiger partial charge in [0.25, 0.3) is 0 Å². The summed E-state index contributed by atoms with van der Waals surface area (Å²) >= 11 is 3.50. The summed E-state index contributed by atoms with van der Waals surface area (Å²) in [6.07, 6.45) is -1.42. The lowest BCUT2D eigenvalue weighted by molar-refractivity contribution is -0.136. The van der Waals surface area contributed by atoms with Gasteiger partial charge in [-0.2, -0.15) is 0 Å². The molecule has 16 nitrogen and oxygen atoms in total. The molecule has 0 aromatic heterocycles. The number of carbonyl (C=O) groups excluding carboxylic acids is 8. The maximum absolute atomic E-state index is 14.9. The van der Waals surface area contributed by atoms with Gasteiger partial charge in [0.2, 0.25) is 23.6 Å². The molecule has 9 atom stereocenters. The largest absolute Gasteiger partial charge is 0.508 e. The summed E-state index contributed by atoms with van der Waals surface area (Å²) in [4.78, 5) is 114. The summed E-state index contributed by atoms with van der Waals surface area (Å²) in [5, 5.41) is 31.1. The predicted octanol–water partition coefficient (Wildman–Crippen LogP) is 5.47. The first kappa shape index (κ1) is 60.4. The fourth-order valence-electron chi connectivity index (χ4n) is 9.04. The normalized spacial score (nSPS) is 22.1. The minimum Gasteiger partial charge on any atom is -0.508 e. The highest BCUT2D eigenvalue weighted by molar-refractivity contribution is 9.10. The number of amides is 4. The van der Waals surface area contributed by atoms with Crippen LogP contribution in [0.5, 0.6) is 5.75 Å². The molecule has 0 saturated carbocycles. The van der Waals surface area contributed by atoms with Crippen molar-refractivity contribution in [3.05, 3.63) is 112 Å². The summed E-state index contributed by atoms with van der Waals surface area (Å²) in [5.41, 5.74) is 20.1. The molecule has 0 radical (unpaired) electrons. The third kappa shape index (κ3) is 19.0. The highest BCUT2D eigenvalue weighted by Crippen LogP contribution is 2.30. The number of ketones is 4. The maximum Gasteiger partial charge on any atom is 0.225 e. The topological polar surface area (TPSA) is 291 Å². The number of aromatic hydroxyl groups is 1. The number of phenols is 1. The number of phenolic OH excluding ortho intramolecular Hbond substituents is 1. The second-order valence-electron chi connectivity index (χ2n) is 19.9. The number of rotatable bonds is 19. The molecule has 1 aliphatic heterocycles. The van der Waals surface area contributed by atoms with E-state index in [2.05, 4.69) is 31.9 Å². The van der Waals surface area contributed by atoms with Gasteiger partial charge in [0.1, 0.15) is 5.75 Å². The van der Waals surface area contributed by atoms with E-state index in [9.17, 15) is 48.6 Å². The second kappa shape index (κ2) is 29.8. The molecule has 1 saturated heterocycles. The number of nitrogens with two attached hydrogens (primary N) is 3. The van der Waals surface area contributed by atoms with Crippen molar-refractivity contribution in [3.63, 3.8) is 0 Å². The van der Waals surface area contributed by atoms with Gasteiger partial charge in [-0.3, -0.25) is 38.4 Å². The third-order valence-electron chi connectivity index (χ3n) is 13.6. The molecule has 1 fully saturated rings. The van der Waals surface area contributed by atoms with Gasteiger partial charge in [0.05, 0.1) is 42.1 Å². The fourth-order valence-corrected chi connectivity index (χ4v) is 12.0. The number of fused-ring (bicyclic) bond motifs is 1. The van der Waals surface area contributed by atoms with Crippen LogP contribution >= 0.6 is 37.5 Å². The molecule has 5 rings (SSSR count). The Morgan fingerprint density at radius 1 is 0.720 bits per heavy atom. The number of nitrogens with one attached hydrogen (secondary N) is 3. The van der Waals surface area contributed by atoms with E-state index in [0.29, 0.717) is 30.5 Å². The number of carbonyl (C=O) groups is 8. The van der Waals surface area contributed by atoms with Crippen LogP contribution in [0.25, 0.3) is 10.8 Å². The summed E-state index contributed by atoms with van der Waals surface area (Å²) in [7, 11) is 2.26. The number of halogens is 1. The van der Waals surface area contributed by atoms with E-state index in [1.165, 1.54) is 19.1 Å². The molecule has 19 heteroatoms. The minimum absolute atomic E-state index is 0.0152. The quantitative estimate of drug-likeness (QED) is 0.0427. The number of hydrogen-bond donors (Lipinski definition) is 8. The van der Waals surface area contributed by atoms with Gasteiger partial charge >= 0.3 is 0 Å². The molecule has 1 unspecified atom stereocenters. The highest BCUT2D eigenvalue weighted by atomic mass is 79.9. The van der Waals surface area contributed by atoms with Gasteiger partial charge < -0.3 is 43.4 Å². The van der Waals surface area contributed by atoms with E-state index in [4.69, 9.17) is 17.2 Å². The number of benzene rings is 4. The van der Waals surface area contributed by atoms with Crippen LogP contribution in [0.3, 0.4) is 0 Å².